The number of hydrogen-bond donors (Lipinski definition) is 14. The molecule has 4 aliphatic rings. The van der Waals surface area contributed by atoms with Crippen molar-refractivity contribution in [1.29, 1.82) is 0 Å². The van der Waals surface area contributed by atoms with Gasteiger partial charge in [-0.15, -0.1) is 0 Å². The average Bonchev–Trinajstić information content (AvgIpc) is 3.02. The van der Waals surface area contributed by atoms with Crippen LogP contribution in [0.25, 0.3) is 0 Å². The van der Waals surface area contributed by atoms with Crippen molar-refractivity contribution in [2.75, 3.05) is 26.4 Å². The largest absolute Gasteiger partial charge is 0.394 e. The molecule has 0 spiro atoms. The van der Waals surface area contributed by atoms with E-state index in [1.54, 1.807) is 0 Å². The molecule has 0 amide bonds. The molecule has 21 heteroatoms. The van der Waals surface area contributed by atoms with Crippen LogP contribution in [0.4, 0.5) is 0 Å². The van der Waals surface area contributed by atoms with Crippen molar-refractivity contribution in [3.05, 3.63) is 0 Å². The molecule has 21 nitrogen and oxygen atoms in total. The monoisotopic (exact) mass is 666 g/mol. The highest BCUT2D eigenvalue weighted by Crippen LogP contribution is 2.34. The summed E-state index contributed by atoms with van der Waals surface area (Å²) in [4.78, 5) is 0. The summed E-state index contributed by atoms with van der Waals surface area (Å²) in [5.74, 6) is 0. The van der Waals surface area contributed by atoms with Crippen molar-refractivity contribution in [1.82, 2.24) is 0 Å². The molecule has 45 heavy (non-hydrogen) atoms. The summed E-state index contributed by atoms with van der Waals surface area (Å²) in [5.41, 5.74) is 0. The third-order valence-corrected chi connectivity index (χ3v) is 8.21. The van der Waals surface area contributed by atoms with Crippen LogP contribution in [-0.4, -0.2) is 221 Å². The zero-order valence-corrected chi connectivity index (χ0v) is 23.5. The second-order valence-corrected chi connectivity index (χ2v) is 11.1. The SMILES string of the molecule is OC[C@H]1O[C@H](O[C@@H]2[C@@H](O)[C@@H](O[C@@H]3[C@H](O)[C@@H](O[C@H]4[C@@H](O)[C@H](O)[C@@H](CO)O[C@@H]4O)O[C@H](CO)[C@H]3O)O[C@H](CO)[C@H]2O)[C@H](O)[C@@H](O)[C@@H]1O. The van der Waals surface area contributed by atoms with Crippen molar-refractivity contribution >= 4 is 0 Å². The fourth-order valence-corrected chi connectivity index (χ4v) is 5.52. The summed E-state index contributed by atoms with van der Waals surface area (Å²) in [7, 11) is 0. The second kappa shape index (κ2) is 15.6. The maximum absolute atomic E-state index is 11.0. The van der Waals surface area contributed by atoms with Gasteiger partial charge in [0.15, 0.2) is 25.2 Å². The van der Waals surface area contributed by atoms with Gasteiger partial charge in [-0.2, -0.15) is 0 Å². The Morgan fingerprint density at radius 3 is 1.09 bits per heavy atom. The summed E-state index contributed by atoms with van der Waals surface area (Å²) >= 11 is 0. The first-order chi connectivity index (χ1) is 21.3. The smallest absolute Gasteiger partial charge is 0.187 e. The van der Waals surface area contributed by atoms with Gasteiger partial charge in [0.1, 0.15) is 97.7 Å². The van der Waals surface area contributed by atoms with E-state index in [0.717, 1.165) is 0 Å². The molecule has 0 aromatic heterocycles. The molecule has 14 N–H and O–H groups in total. The summed E-state index contributed by atoms with van der Waals surface area (Å²) in [6.45, 7) is -3.39. The van der Waals surface area contributed by atoms with E-state index in [9.17, 15) is 71.5 Å². The first kappa shape index (κ1) is 37.0. The van der Waals surface area contributed by atoms with Crippen molar-refractivity contribution in [2.24, 2.45) is 0 Å². The van der Waals surface area contributed by atoms with E-state index in [4.69, 9.17) is 33.2 Å². The minimum atomic E-state index is -2.05. The lowest BCUT2D eigenvalue weighted by atomic mass is 9.95. The first-order valence-electron chi connectivity index (χ1n) is 14.1. The van der Waals surface area contributed by atoms with E-state index < -0.39 is 149 Å². The highest BCUT2D eigenvalue weighted by atomic mass is 16.8. The number of aliphatic hydroxyl groups excluding tert-OH is 14. The van der Waals surface area contributed by atoms with Crippen LogP contribution in [0.2, 0.25) is 0 Å². The Morgan fingerprint density at radius 2 is 0.667 bits per heavy atom. The van der Waals surface area contributed by atoms with Crippen molar-refractivity contribution < 1.29 is 105 Å². The van der Waals surface area contributed by atoms with Crippen LogP contribution in [-0.2, 0) is 33.2 Å². The van der Waals surface area contributed by atoms with Crippen LogP contribution >= 0.6 is 0 Å². The predicted molar refractivity (Wildman–Crippen MR) is 134 cm³/mol. The van der Waals surface area contributed by atoms with Gasteiger partial charge in [0.25, 0.3) is 0 Å². The lowest BCUT2D eigenvalue weighted by Gasteiger charge is -2.49. The van der Waals surface area contributed by atoms with E-state index in [1.165, 1.54) is 0 Å². The van der Waals surface area contributed by atoms with Crippen molar-refractivity contribution in [3.8, 4) is 0 Å². The third kappa shape index (κ3) is 7.44. The van der Waals surface area contributed by atoms with Gasteiger partial charge in [-0.1, -0.05) is 0 Å². The highest BCUT2D eigenvalue weighted by molar-refractivity contribution is 4.97. The topological polar surface area (TPSA) is 348 Å². The highest BCUT2D eigenvalue weighted by Gasteiger charge is 2.55. The lowest BCUT2D eigenvalue weighted by molar-refractivity contribution is -0.391. The van der Waals surface area contributed by atoms with Gasteiger partial charge in [-0.25, -0.2) is 0 Å². The van der Waals surface area contributed by atoms with E-state index >= 15 is 0 Å². The Morgan fingerprint density at radius 1 is 0.333 bits per heavy atom. The summed E-state index contributed by atoms with van der Waals surface area (Å²) in [5, 5.41) is 143. The predicted octanol–water partition coefficient (Wildman–Crippen LogP) is -9.75. The summed E-state index contributed by atoms with van der Waals surface area (Å²) in [6, 6.07) is 0. The van der Waals surface area contributed by atoms with Gasteiger partial charge in [0, 0.05) is 0 Å². The molecule has 0 saturated carbocycles. The maximum Gasteiger partial charge on any atom is 0.187 e. The molecule has 4 heterocycles. The van der Waals surface area contributed by atoms with Gasteiger partial charge >= 0.3 is 0 Å². The van der Waals surface area contributed by atoms with Gasteiger partial charge in [-0.3, -0.25) is 0 Å². The molecule has 0 aromatic carbocycles. The summed E-state index contributed by atoms with van der Waals surface area (Å²) < 4.78 is 37.5. The molecule has 0 unspecified atom stereocenters. The van der Waals surface area contributed by atoms with Crippen LogP contribution in [0.5, 0.6) is 0 Å². The Hall–Kier alpha value is -0.840. The fourth-order valence-electron chi connectivity index (χ4n) is 5.52. The normalized spacial score (nSPS) is 52.9. The minimum absolute atomic E-state index is 0.770. The Kier molecular flexibility index (Phi) is 12.8. The standard InChI is InChI=1S/C24H42O21/c25-1-5-10(30)14(34)20(21(38)39-5)45-24-17(37)19(12(32)8(4-28)42-24)44-23-16(36)18(11(31)7(3-27)41-23)43-22-15(35)13(33)9(29)6(2-26)40-22/h5-38H,1-4H2/t5-,6-,7-,8-,9-,10-,11-,12-,13+,14+,15-,16-,17+,18+,19+,20+,21+,22-,23-,24-/m1/s1. The quantitative estimate of drug-likeness (QED) is 0.103. The Labute approximate surface area is 254 Å². The van der Waals surface area contributed by atoms with Gasteiger partial charge in [0.2, 0.25) is 0 Å². The third-order valence-electron chi connectivity index (χ3n) is 8.21. The van der Waals surface area contributed by atoms with Gasteiger partial charge in [0.05, 0.1) is 26.4 Å². The molecular formula is C24H42O21. The molecule has 4 fully saturated rings. The van der Waals surface area contributed by atoms with Crippen LogP contribution < -0.4 is 0 Å². The molecule has 4 aliphatic heterocycles. The van der Waals surface area contributed by atoms with Crippen molar-refractivity contribution in [2.45, 2.75) is 123 Å². The van der Waals surface area contributed by atoms with E-state index in [1.807, 2.05) is 0 Å². The number of rotatable bonds is 10. The number of ether oxygens (including phenoxy) is 7. The zero-order valence-electron chi connectivity index (χ0n) is 23.5. The molecule has 0 aromatic rings. The lowest BCUT2D eigenvalue weighted by Crippen LogP contribution is -2.67. The Balaban J connectivity index is 1.52. The van der Waals surface area contributed by atoms with Crippen LogP contribution in [0.1, 0.15) is 0 Å². The maximum atomic E-state index is 11.0. The van der Waals surface area contributed by atoms with E-state index in [-0.39, 0.29) is 0 Å². The van der Waals surface area contributed by atoms with Crippen LogP contribution in [0.3, 0.4) is 0 Å². The molecule has 264 valence electrons. The molecule has 0 bridgehead atoms. The molecule has 4 rings (SSSR count). The first-order valence-corrected chi connectivity index (χ1v) is 14.1. The zero-order chi connectivity index (χ0) is 33.3. The van der Waals surface area contributed by atoms with Crippen molar-refractivity contribution in [3.63, 3.8) is 0 Å². The Bertz CT molecular complexity index is 916. The van der Waals surface area contributed by atoms with Gasteiger partial charge in [-0.05, 0) is 0 Å². The fraction of sp³-hybridized carbons (Fsp3) is 1.00. The summed E-state index contributed by atoms with van der Waals surface area (Å²) in [6.07, 6.45) is -36.1. The molecule has 0 aliphatic carbocycles. The number of aliphatic hydroxyl groups is 14. The van der Waals surface area contributed by atoms with E-state index in [0.29, 0.717) is 0 Å². The molecule has 20 atom stereocenters. The van der Waals surface area contributed by atoms with Crippen LogP contribution in [0, 0.1) is 0 Å². The van der Waals surface area contributed by atoms with Gasteiger partial charge < -0.3 is 105 Å². The number of hydrogen-bond acceptors (Lipinski definition) is 21. The second-order valence-electron chi connectivity index (χ2n) is 11.1. The molecule has 0 radical (unpaired) electrons. The van der Waals surface area contributed by atoms with Crippen LogP contribution in [0.15, 0.2) is 0 Å². The molecule has 4 saturated heterocycles. The van der Waals surface area contributed by atoms with E-state index in [2.05, 4.69) is 0 Å². The minimum Gasteiger partial charge on any atom is -0.394 e. The average molecular weight is 667 g/mol. The molecular weight excluding hydrogens is 624 g/mol.